The van der Waals surface area contributed by atoms with Gasteiger partial charge in [0.25, 0.3) is 0 Å². The van der Waals surface area contributed by atoms with Crippen molar-refractivity contribution in [1.29, 1.82) is 0 Å². The van der Waals surface area contributed by atoms with Crippen molar-refractivity contribution in [3.8, 4) is 16.9 Å². The van der Waals surface area contributed by atoms with Crippen molar-refractivity contribution in [3.63, 3.8) is 0 Å². The van der Waals surface area contributed by atoms with E-state index in [9.17, 15) is 0 Å². The molecule has 4 aromatic rings. The average Bonchev–Trinajstić information content (AvgIpc) is 2.81. The van der Waals surface area contributed by atoms with E-state index in [2.05, 4.69) is 60.7 Å². The highest BCUT2D eigenvalue weighted by Gasteiger charge is 2.44. The van der Waals surface area contributed by atoms with Crippen molar-refractivity contribution in [2.75, 3.05) is 6.61 Å². The van der Waals surface area contributed by atoms with Gasteiger partial charge >= 0.3 is 8.56 Å². The highest BCUT2D eigenvalue weighted by Crippen LogP contribution is 2.24. The predicted octanol–water partition coefficient (Wildman–Crippen LogP) is 5.03. The van der Waals surface area contributed by atoms with Gasteiger partial charge < -0.3 is 8.85 Å². The Kier molecular flexibility index (Phi) is 5.89. The van der Waals surface area contributed by atoms with Crippen LogP contribution in [0.25, 0.3) is 11.1 Å². The Morgan fingerprint density at radius 1 is 0.552 bits per heavy atom. The molecule has 0 spiro atoms. The summed E-state index contributed by atoms with van der Waals surface area (Å²) in [6.07, 6.45) is 0. The summed E-state index contributed by atoms with van der Waals surface area (Å²) >= 11 is 0. The van der Waals surface area contributed by atoms with E-state index in [4.69, 9.17) is 8.85 Å². The van der Waals surface area contributed by atoms with Crippen LogP contribution in [-0.4, -0.2) is 15.2 Å². The van der Waals surface area contributed by atoms with Crippen LogP contribution < -0.4 is 14.8 Å². The van der Waals surface area contributed by atoms with E-state index >= 15 is 0 Å². The molecule has 0 heterocycles. The third kappa shape index (κ3) is 4.16. The maximum absolute atomic E-state index is 6.72. The van der Waals surface area contributed by atoms with Crippen LogP contribution in [0.5, 0.6) is 5.75 Å². The predicted molar refractivity (Wildman–Crippen MR) is 122 cm³/mol. The highest BCUT2D eigenvalue weighted by atomic mass is 28.4. The molecular weight excluding hydrogens is 372 g/mol. The Labute approximate surface area is 173 Å². The summed E-state index contributed by atoms with van der Waals surface area (Å²) in [5.74, 6) is 0.817. The zero-order valence-corrected chi connectivity index (χ0v) is 17.5. The topological polar surface area (TPSA) is 18.5 Å². The van der Waals surface area contributed by atoms with E-state index in [1.54, 1.807) is 0 Å². The molecule has 0 saturated carbocycles. The Morgan fingerprint density at radius 2 is 1.00 bits per heavy atom. The lowest BCUT2D eigenvalue weighted by Gasteiger charge is -2.31. The van der Waals surface area contributed by atoms with Gasteiger partial charge in [0.15, 0.2) is 0 Å². The van der Waals surface area contributed by atoms with E-state index in [0.717, 1.165) is 16.1 Å². The molecule has 0 saturated heterocycles. The van der Waals surface area contributed by atoms with Crippen LogP contribution >= 0.6 is 0 Å². The minimum atomic E-state index is -2.89. The molecule has 0 unspecified atom stereocenters. The monoisotopic (exact) mass is 396 g/mol. The van der Waals surface area contributed by atoms with Gasteiger partial charge in [0.05, 0.1) is 0 Å². The van der Waals surface area contributed by atoms with Crippen molar-refractivity contribution in [3.05, 3.63) is 115 Å². The van der Waals surface area contributed by atoms with E-state index < -0.39 is 8.56 Å². The number of rotatable bonds is 7. The molecule has 3 heteroatoms. The van der Waals surface area contributed by atoms with Gasteiger partial charge in [-0.1, -0.05) is 103 Å². The molecule has 0 radical (unpaired) electrons. The molecular formula is C26H24O2Si. The summed E-state index contributed by atoms with van der Waals surface area (Å²) in [6.45, 7) is 2.60. The third-order valence-electron chi connectivity index (χ3n) is 4.88. The molecule has 0 fully saturated rings. The van der Waals surface area contributed by atoms with Crippen LogP contribution in [0.4, 0.5) is 0 Å². The fourth-order valence-electron chi connectivity index (χ4n) is 3.51. The van der Waals surface area contributed by atoms with Crippen LogP contribution in [0.15, 0.2) is 115 Å². The molecule has 0 N–H and O–H groups in total. The van der Waals surface area contributed by atoms with Crippen molar-refractivity contribution in [2.45, 2.75) is 6.92 Å². The second-order valence-corrected chi connectivity index (χ2v) is 9.65. The Hall–Kier alpha value is -3.14. The van der Waals surface area contributed by atoms with Gasteiger partial charge in [0.1, 0.15) is 5.75 Å². The van der Waals surface area contributed by atoms with Gasteiger partial charge in [-0.2, -0.15) is 0 Å². The first-order chi connectivity index (χ1) is 14.3. The first kappa shape index (κ1) is 19.2. The molecule has 0 aliphatic carbocycles. The molecule has 2 nitrogen and oxygen atoms in total. The fraction of sp³-hybridized carbons (Fsp3) is 0.0769. The largest absolute Gasteiger partial charge is 0.514 e. The lowest BCUT2D eigenvalue weighted by molar-refractivity contribution is 0.277. The lowest BCUT2D eigenvalue weighted by atomic mass is 10.1. The minimum Gasteiger partial charge on any atom is -0.514 e. The van der Waals surface area contributed by atoms with E-state index in [1.165, 1.54) is 11.1 Å². The van der Waals surface area contributed by atoms with E-state index in [-0.39, 0.29) is 0 Å². The molecule has 0 aliphatic heterocycles. The molecule has 0 amide bonds. The molecule has 4 rings (SSSR count). The standard InChI is InChI=1S/C26H24O2Si/c1-2-27-29(25-14-8-4-9-15-25,26-16-10-5-11-17-26)28-24-20-18-23(19-21-24)22-12-6-3-7-13-22/h3-21H,2H2,1H3. The highest BCUT2D eigenvalue weighted by molar-refractivity contribution is 6.93. The van der Waals surface area contributed by atoms with E-state index in [1.807, 2.05) is 61.5 Å². The second-order valence-electron chi connectivity index (χ2n) is 6.77. The molecule has 0 aliphatic rings. The minimum absolute atomic E-state index is 0.581. The van der Waals surface area contributed by atoms with Gasteiger partial charge in [-0.15, -0.1) is 0 Å². The number of hydrogen-bond acceptors (Lipinski definition) is 2. The summed E-state index contributed by atoms with van der Waals surface area (Å²) in [6, 6.07) is 39.3. The maximum atomic E-state index is 6.72. The summed E-state index contributed by atoms with van der Waals surface area (Å²) in [5, 5.41) is 2.19. The van der Waals surface area contributed by atoms with Gasteiger partial charge in [0, 0.05) is 17.0 Å². The van der Waals surface area contributed by atoms with Gasteiger partial charge in [-0.3, -0.25) is 0 Å². The lowest BCUT2D eigenvalue weighted by Crippen LogP contribution is -2.65. The molecule has 4 aromatic carbocycles. The summed E-state index contributed by atoms with van der Waals surface area (Å²) in [7, 11) is -2.89. The Morgan fingerprint density at radius 3 is 1.48 bits per heavy atom. The SMILES string of the molecule is CCO[Si](Oc1ccc(-c2ccccc2)cc1)(c1ccccc1)c1ccccc1. The quantitative estimate of drug-likeness (QED) is 0.408. The van der Waals surface area contributed by atoms with Crippen molar-refractivity contribution >= 4 is 18.9 Å². The van der Waals surface area contributed by atoms with Crippen molar-refractivity contribution in [1.82, 2.24) is 0 Å². The van der Waals surface area contributed by atoms with Crippen LogP contribution in [0.2, 0.25) is 0 Å². The molecule has 0 aromatic heterocycles. The third-order valence-corrected chi connectivity index (χ3v) is 8.28. The zero-order chi connectivity index (χ0) is 19.9. The Balaban J connectivity index is 1.74. The first-order valence-electron chi connectivity index (χ1n) is 9.91. The normalized spacial score (nSPS) is 11.2. The van der Waals surface area contributed by atoms with Crippen LogP contribution in [0.3, 0.4) is 0 Å². The zero-order valence-electron chi connectivity index (χ0n) is 16.5. The molecule has 144 valence electrons. The summed E-state index contributed by atoms with van der Waals surface area (Å²) in [4.78, 5) is 0. The van der Waals surface area contributed by atoms with Gasteiger partial charge in [-0.25, -0.2) is 0 Å². The Bertz CT molecular complexity index is 977. The number of hydrogen-bond donors (Lipinski definition) is 0. The average molecular weight is 397 g/mol. The van der Waals surface area contributed by atoms with Crippen LogP contribution in [-0.2, 0) is 4.43 Å². The number of benzene rings is 4. The van der Waals surface area contributed by atoms with Gasteiger partial charge in [-0.05, 0) is 30.2 Å². The van der Waals surface area contributed by atoms with E-state index in [0.29, 0.717) is 6.61 Å². The molecule has 29 heavy (non-hydrogen) atoms. The second kappa shape index (κ2) is 8.91. The van der Waals surface area contributed by atoms with Crippen molar-refractivity contribution < 1.29 is 8.85 Å². The van der Waals surface area contributed by atoms with Crippen LogP contribution in [0.1, 0.15) is 6.92 Å². The van der Waals surface area contributed by atoms with Gasteiger partial charge in [0.2, 0.25) is 0 Å². The summed E-state index contributed by atoms with van der Waals surface area (Å²) < 4.78 is 13.2. The summed E-state index contributed by atoms with van der Waals surface area (Å²) in [5.41, 5.74) is 2.36. The smallest absolute Gasteiger partial charge is 0.468 e. The molecule has 0 atom stereocenters. The first-order valence-corrected chi connectivity index (χ1v) is 11.7. The van der Waals surface area contributed by atoms with Crippen molar-refractivity contribution in [2.24, 2.45) is 0 Å². The fourth-order valence-corrected chi connectivity index (χ4v) is 6.61. The maximum Gasteiger partial charge on any atom is 0.468 e. The van der Waals surface area contributed by atoms with Crippen LogP contribution in [0, 0.1) is 0 Å². The molecule has 0 bridgehead atoms.